The molecule has 1 spiro atoms. The SMILES string of the molecule is C[C@H]1N(S(=O)(=O)N(C)C)CCC[C@@]12CCCN(Cc1ccnn1C)C2=O. The molecule has 1 amide bonds. The van der Waals surface area contributed by atoms with Crippen LogP contribution in [0, 0.1) is 5.41 Å². The van der Waals surface area contributed by atoms with Crippen molar-refractivity contribution in [1.29, 1.82) is 0 Å². The highest BCUT2D eigenvalue weighted by Gasteiger charge is 2.53. The van der Waals surface area contributed by atoms with Crippen LogP contribution in [0.3, 0.4) is 0 Å². The summed E-state index contributed by atoms with van der Waals surface area (Å²) in [7, 11) is 1.41. The van der Waals surface area contributed by atoms with Crippen LogP contribution >= 0.6 is 0 Å². The molecule has 0 bridgehead atoms. The Morgan fingerprint density at radius 1 is 1.27 bits per heavy atom. The van der Waals surface area contributed by atoms with Gasteiger partial charge in [0.15, 0.2) is 0 Å². The lowest BCUT2D eigenvalue weighted by atomic mass is 9.68. The monoisotopic (exact) mass is 383 g/mol. The van der Waals surface area contributed by atoms with E-state index in [4.69, 9.17) is 0 Å². The molecule has 0 unspecified atom stereocenters. The van der Waals surface area contributed by atoms with E-state index in [1.54, 1.807) is 25.0 Å². The third-order valence-corrected chi connectivity index (χ3v) is 8.04. The van der Waals surface area contributed by atoms with Crippen molar-refractivity contribution in [3.05, 3.63) is 18.0 Å². The summed E-state index contributed by atoms with van der Waals surface area (Å²) in [4.78, 5) is 15.3. The minimum atomic E-state index is -3.54. The van der Waals surface area contributed by atoms with Crippen molar-refractivity contribution in [2.24, 2.45) is 12.5 Å². The highest BCUT2D eigenvalue weighted by atomic mass is 32.2. The molecule has 0 saturated carbocycles. The van der Waals surface area contributed by atoms with Gasteiger partial charge in [-0.05, 0) is 38.7 Å². The Morgan fingerprint density at radius 3 is 2.50 bits per heavy atom. The molecule has 2 fully saturated rings. The molecule has 26 heavy (non-hydrogen) atoms. The number of carbonyl (C=O) groups excluding carboxylic acids is 1. The average molecular weight is 384 g/mol. The van der Waals surface area contributed by atoms with Gasteiger partial charge in [0.05, 0.1) is 17.7 Å². The van der Waals surface area contributed by atoms with Gasteiger partial charge in [0.1, 0.15) is 0 Å². The number of amides is 1. The predicted octanol–water partition coefficient (Wildman–Crippen LogP) is 0.820. The molecule has 1 aromatic rings. The second kappa shape index (κ2) is 6.94. The molecule has 0 radical (unpaired) electrons. The number of rotatable bonds is 4. The second-order valence-electron chi connectivity index (χ2n) is 7.61. The summed E-state index contributed by atoms with van der Waals surface area (Å²) in [6.07, 6.45) is 4.82. The molecule has 3 rings (SSSR count). The fourth-order valence-corrected chi connectivity index (χ4v) is 5.77. The molecular formula is C17H29N5O3S. The molecular weight excluding hydrogens is 354 g/mol. The highest BCUT2D eigenvalue weighted by Crippen LogP contribution is 2.45. The van der Waals surface area contributed by atoms with Gasteiger partial charge in [-0.1, -0.05) is 0 Å². The van der Waals surface area contributed by atoms with Gasteiger partial charge in [0.25, 0.3) is 10.2 Å². The van der Waals surface area contributed by atoms with Gasteiger partial charge >= 0.3 is 0 Å². The van der Waals surface area contributed by atoms with Crippen LogP contribution in [-0.4, -0.2) is 70.8 Å². The molecule has 1 aromatic heterocycles. The molecule has 0 aromatic carbocycles. The number of hydrogen-bond acceptors (Lipinski definition) is 4. The molecule has 2 saturated heterocycles. The lowest BCUT2D eigenvalue weighted by Gasteiger charge is -2.51. The summed E-state index contributed by atoms with van der Waals surface area (Å²) in [5.74, 6) is 0.0797. The fraction of sp³-hybridized carbons (Fsp3) is 0.765. The number of nitrogens with zero attached hydrogens (tertiary/aromatic N) is 5. The Hall–Kier alpha value is -1.45. The maximum Gasteiger partial charge on any atom is 0.281 e. The minimum absolute atomic E-state index is 0.0797. The van der Waals surface area contributed by atoms with E-state index in [1.165, 1.54) is 8.61 Å². The molecule has 0 aliphatic carbocycles. The quantitative estimate of drug-likeness (QED) is 0.771. The van der Waals surface area contributed by atoms with E-state index in [-0.39, 0.29) is 11.9 Å². The third-order valence-electron chi connectivity index (χ3n) is 6.03. The van der Waals surface area contributed by atoms with Gasteiger partial charge in [0, 0.05) is 46.5 Å². The number of carbonyl (C=O) groups is 1. The van der Waals surface area contributed by atoms with Gasteiger partial charge in [0.2, 0.25) is 5.91 Å². The lowest BCUT2D eigenvalue weighted by molar-refractivity contribution is -0.153. The second-order valence-corrected chi connectivity index (χ2v) is 9.71. The van der Waals surface area contributed by atoms with Gasteiger partial charge in [-0.25, -0.2) is 0 Å². The van der Waals surface area contributed by atoms with Crippen molar-refractivity contribution < 1.29 is 13.2 Å². The van der Waals surface area contributed by atoms with Crippen molar-refractivity contribution in [2.45, 2.75) is 45.2 Å². The molecule has 146 valence electrons. The Labute approximate surface area is 155 Å². The number of hydrogen-bond donors (Lipinski definition) is 0. The van der Waals surface area contributed by atoms with Gasteiger partial charge < -0.3 is 4.90 Å². The van der Waals surface area contributed by atoms with Crippen molar-refractivity contribution in [3.63, 3.8) is 0 Å². The first-order chi connectivity index (χ1) is 12.2. The smallest absolute Gasteiger partial charge is 0.281 e. The van der Waals surface area contributed by atoms with E-state index in [1.807, 2.05) is 24.9 Å². The Morgan fingerprint density at radius 2 is 1.92 bits per heavy atom. The van der Waals surface area contributed by atoms with E-state index in [0.717, 1.165) is 25.0 Å². The summed E-state index contributed by atoms with van der Waals surface area (Å²) in [5, 5.41) is 4.18. The number of aryl methyl sites for hydroxylation is 1. The van der Waals surface area contributed by atoms with Crippen LogP contribution in [-0.2, 0) is 28.6 Å². The predicted molar refractivity (Wildman–Crippen MR) is 98.3 cm³/mol. The van der Waals surface area contributed by atoms with Gasteiger partial charge in [-0.2, -0.15) is 22.1 Å². The molecule has 9 heteroatoms. The van der Waals surface area contributed by atoms with E-state index >= 15 is 0 Å². The summed E-state index contributed by atoms with van der Waals surface area (Å²) >= 11 is 0. The molecule has 0 N–H and O–H groups in total. The Balaban J connectivity index is 1.88. The van der Waals surface area contributed by atoms with Crippen LogP contribution in [0.15, 0.2) is 12.3 Å². The minimum Gasteiger partial charge on any atom is -0.336 e. The van der Waals surface area contributed by atoms with Crippen molar-refractivity contribution in [2.75, 3.05) is 27.2 Å². The van der Waals surface area contributed by atoms with Crippen molar-refractivity contribution in [3.8, 4) is 0 Å². The summed E-state index contributed by atoms with van der Waals surface area (Å²) in [5.41, 5.74) is 0.356. The first-order valence-electron chi connectivity index (χ1n) is 9.16. The molecule has 2 atom stereocenters. The lowest BCUT2D eigenvalue weighted by Crippen LogP contribution is -2.62. The normalized spacial score (nSPS) is 28.3. The molecule has 3 heterocycles. The van der Waals surface area contributed by atoms with Crippen LogP contribution < -0.4 is 0 Å². The van der Waals surface area contributed by atoms with Crippen molar-refractivity contribution in [1.82, 2.24) is 23.3 Å². The first kappa shape index (κ1) is 19.3. The fourth-order valence-electron chi connectivity index (χ4n) is 4.38. The van der Waals surface area contributed by atoms with Crippen LogP contribution in [0.1, 0.15) is 38.3 Å². The van der Waals surface area contributed by atoms with Crippen LogP contribution in [0.5, 0.6) is 0 Å². The van der Waals surface area contributed by atoms with Crippen molar-refractivity contribution >= 4 is 16.1 Å². The third kappa shape index (κ3) is 3.05. The highest BCUT2D eigenvalue weighted by molar-refractivity contribution is 7.86. The molecule has 2 aliphatic rings. The summed E-state index contributed by atoms with van der Waals surface area (Å²) in [6.45, 7) is 3.59. The van der Waals surface area contributed by atoms with Gasteiger partial charge in [-0.3, -0.25) is 9.48 Å². The topological polar surface area (TPSA) is 78.8 Å². The van der Waals surface area contributed by atoms with E-state index in [0.29, 0.717) is 26.1 Å². The van der Waals surface area contributed by atoms with E-state index in [2.05, 4.69) is 5.10 Å². The zero-order chi connectivity index (χ0) is 19.1. The van der Waals surface area contributed by atoms with Gasteiger partial charge in [-0.15, -0.1) is 0 Å². The van der Waals surface area contributed by atoms with Crippen LogP contribution in [0.2, 0.25) is 0 Å². The maximum absolute atomic E-state index is 13.5. The largest absolute Gasteiger partial charge is 0.336 e. The van der Waals surface area contributed by atoms with E-state index in [9.17, 15) is 13.2 Å². The molecule has 2 aliphatic heterocycles. The number of aromatic nitrogens is 2. The van der Waals surface area contributed by atoms with E-state index < -0.39 is 15.6 Å². The molecule has 8 nitrogen and oxygen atoms in total. The standard InChI is InChI=1S/C17H29N5O3S/c1-14-17(9-6-12-22(14)26(24,25)19(2)3)8-5-11-21(16(17)23)13-15-7-10-18-20(15)4/h7,10,14H,5-6,8-9,11-13H2,1-4H3/t14-,17+/m1/s1. The zero-order valence-corrected chi connectivity index (χ0v) is 16.9. The number of likely N-dealkylation sites (tertiary alicyclic amines) is 1. The maximum atomic E-state index is 13.5. The Bertz CT molecular complexity index is 771. The number of piperidine rings is 2. The first-order valence-corrected chi connectivity index (χ1v) is 10.6. The average Bonchev–Trinajstić information content (AvgIpc) is 2.98. The Kier molecular flexibility index (Phi) is 5.15. The summed E-state index contributed by atoms with van der Waals surface area (Å²) < 4.78 is 30.0. The zero-order valence-electron chi connectivity index (χ0n) is 16.1. The summed E-state index contributed by atoms with van der Waals surface area (Å²) in [6, 6.07) is 1.58. The van der Waals surface area contributed by atoms with Crippen LogP contribution in [0.4, 0.5) is 0 Å². The van der Waals surface area contributed by atoms with Crippen LogP contribution in [0.25, 0.3) is 0 Å².